The van der Waals surface area contributed by atoms with E-state index in [4.69, 9.17) is 5.11 Å². The van der Waals surface area contributed by atoms with Gasteiger partial charge in [0.1, 0.15) is 0 Å². The standard InChI is InChI=1S/C6H7F3O/c1-2-3-4-5(10)6(7,8)9/h5,10H,4H2,1H3/t5-/m0/s1. The molecule has 0 aromatic rings. The van der Waals surface area contributed by atoms with E-state index in [-0.39, 0.29) is 0 Å². The highest BCUT2D eigenvalue weighted by Gasteiger charge is 2.37. The molecule has 0 radical (unpaired) electrons. The Morgan fingerprint density at radius 2 is 2.00 bits per heavy atom. The Kier molecular flexibility index (Phi) is 3.23. The molecule has 0 spiro atoms. The van der Waals surface area contributed by atoms with Crippen LogP contribution in [0.1, 0.15) is 13.3 Å². The summed E-state index contributed by atoms with van der Waals surface area (Å²) in [6.07, 6.45) is -7.39. The lowest BCUT2D eigenvalue weighted by molar-refractivity contribution is -0.201. The van der Waals surface area contributed by atoms with Gasteiger partial charge in [-0.25, -0.2) is 0 Å². The summed E-state index contributed by atoms with van der Waals surface area (Å²) in [4.78, 5) is 0. The van der Waals surface area contributed by atoms with Gasteiger partial charge >= 0.3 is 6.18 Å². The first-order valence-corrected chi connectivity index (χ1v) is 2.63. The molecule has 0 aromatic carbocycles. The Morgan fingerprint density at radius 3 is 2.30 bits per heavy atom. The Hall–Kier alpha value is -0.690. The van der Waals surface area contributed by atoms with Crippen LogP contribution in [0, 0.1) is 11.8 Å². The molecule has 0 saturated carbocycles. The van der Waals surface area contributed by atoms with Gasteiger partial charge < -0.3 is 5.11 Å². The van der Waals surface area contributed by atoms with E-state index in [1.807, 2.05) is 0 Å². The maximum absolute atomic E-state index is 11.5. The van der Waals surface area contributed by atoms with E-state index >= 15 is 0 Å². The SMILES string of the molecule is CC#CC[C@H](O)C(F)(F)F. The second kappa shape index (κ2) is 3.47. The van der Waals surface area contributed by atoms with Crippen molar-refractivity contribution in [3.8, 4) is 11.8 Å². The van der Waals surface area contributed by atoms with Crippen LogP contribution in [0.5, 0.6) is 0 Å². The topological polar surface area (TPSA) is 20.2 Å². The lowest BCUT2D eigenvalue weighted by Gasteiger charge is -2.10. The van der Waals surface area contributed by atoms with E-state index in [0.29, 0.717) is 0 Å². The first-order chi connectivity index (χ1) is 4.48. The predicted octanol–water partition coefficient (Wildman–Crippen LogP) is 1.32. The maximum atomic E-state index is 11.5. The van der Waals surface area contributed by atoms with Gasteiger partial charge in [-0.15, -0.1) is 11.8 Å². The van der Waals surface area contributed by atoms with Crippen LogP contribution in [0.25, 0.3) is 0 Å². The van der Waals surface area contributed by atoms with Crippen LogP contribution in [-0.4, -0.2) is 17.4 Å². The fraction of sp³-hybridized carbons (Fsp3) is 0.667. The summed E-state index contributed by atoms with van der Waals surface area (Å²) in [5.74, 6) is 4.40. The minimum atomic E-state index is -4.54. The third-order valence-electron chi connectivity index (χ3n) is 0.850. The monoisotopic (exact) mass is 152 g/mol. The number of rotatable bonds is 1. The minimum absolute atomic E-state index is 0.542. The van der Waals surface area contributed by atoms with E-state index in [1.165, 1.54) is 6.92 Å². The molecule has 10 heavy (non-hydrogen) atoms. The van der Waals surface area contributed by atoms with E-state index < -0.39 is 18.7 Å². The zero-order valence-corrected chi connectivity index (χ0v) is 5.37. The Morgan fingerprint density at radius 1 is 1.50 bits per heavy atom. The number of hydrogen-bond acceptors (Lipinski definition) is 1. The molecule has 58 valence electrons. The molecule has 1 nitrogen and oxygen atoms in total. The molecule has 1 N–H and O–H groups in total. The Labute approximate surface area is 56.9 Å². The highest BCUT2D eigenvalue weighted by atomic mass is 19.4. The maximum Gasteiger partial charge on any atom is 0.415 e. The first kappa shape index (κ1) is 9.31. The van der Waals surface area contributed by atoms with Gasteiger partial charge in [0, 0.05) is 6.42 Å². The van der Waals surface area contributed by atoms with Gasteiger partial charge in [0.2, 0.25) is 0 Å². The molecular weight excluding hydrogens is 145 g/mol. The third-order valence-corrected chi connectivity index (χ3v) is 0.850. The molecule has 0 aliphatic rings. The van der Waals surface area contributed by atoms with Crippen molar-refractivity contribution in [3.63, 3.8) is 0 Å². The highest BCUT2D eigenvalue weighted by molar-refractivity contribution is 4.97. The number of halogens is 3. The van der Waals surface area contributed by atoms with Crippen LogP contribution in [0.15, 0.2) is 0 Å². The van der Waals surface area contributed by atoms with Crippen molar-refractivity contribution in [2.24, 2.45) is 0 Å². The molecule has 0 aromatic heterocycles. The summed E-state index contributed by atoms with van der Waals surface area (Å²) in [6, 6.07) is 0. The van der Waals surface area contributed by atoms with Gasteiger partial charge in [-0.05, 0) is 6.92 Å². The van der Waals surface area contributed by atoms with Gasteiger partial charge in [0.05, 0.1) is 0 Å². The molecule has 0 saturated heterocycles. The van der Waals surface area contributed by atoms with Crippen molar-refractivity contribution in [1.29, 1.82) is 0 Å². The zero-order chi connectivity index (χ0) is 8.20. The summed E-state index contributed by atoms with van der Waals surface area (Å²) in [5, 5.41) is 8.29. The molecule has 0 heterocycles. The van der Waals surface area contributed by atoms with E-state index in [2.05, 4.69) is 11.8 Å². The molecule has 4 heteroatoms. The van der Waals surface area contributed by atoms with Crippen LogP contribution >= 0.6 is 0 Å². The van der Waals surface area contributed by atoms with Gasteiger partial charge in [-0.2, -0.15) is 13.2 Å². The second-order valence-electron chi connectivity index (χ2n) is 1.69. The smallest absolute Gasteiger partial charge is 0.383 e. The Balaban J connectivity index is 3.81. The molecule has 0 bridgehead atoms. The van der Waals surface area contributed by atoms with Gasteiger partial charge in [0.25, 0.3) is 0 Å². The summed E-state index contributed by atoms with van der Waals surface area (Å²) >= 11 is 0. The summed E-state index contributed by atoms with van der Waals surface area (Å²) in [7, 11) is 0. The normalized spacial score (nSPS) is 13.7. The predicted molar refractivity (Wildman–Crippen MR) is 30.1 cm³/mol. The van der Waals surface area contributed by atoms with Crippen LogP contribution in [-0.2, 0) is 0 Å². The molecule has 1 atom stereocenters. The lowest BCUT2D eigenvalue weighted by Crippen LogP contribution is -2.27. The fourth-order valence-electron chi connectivity index (χ4n) is 0.314. The number of aliphatic hydroxyl groups excluding tert-OH is 1. The first-order valence-electron chi connectivity index (χ1n) is 2.63. The van der Waals surface area contributed by atoms with Crippen molar-refractivity contribution in [3.05, 3.63) is 0 Å². The van der Waals surface area contributed by atoms with Gasteiger partial charge in [0.15, 0.2) is 6.10 Å². The minimum Gasteiger partial charge on any atom is -0.383 e. The largest absolute Gasteiger partial charge is 0.415 e. The van der Waals surface area contributed by atoms with Crippen LogP contribution in [0.4, 0.5) is 13.2 Å². The van der Waals surface area contributed by atoms with Crippen molar-refractivity contribution in [1.82, 2.24) is 0 Å². The average Bonchev–Trinajstić information content (AvgIpc) is 1.80. The molecule has 0 unspecified atom stereocenters. The fourth-order valence-corrected chi connectivity index (χ4v) is 0.314. The van der Waals surface area contributed by atoms with Crippen LogP contribution in [0.2, 0.25) is 0 Å². The molecular formula is C6H7F3O. The second-order valence-corrected chi connectivity index (χ2v) is 1.69. The molecule has 0 aliphatic carbocycles. The van der Waals surface area contributed by atoms with E-state index in [1.54, 1.807) is 0 Å². The van der Waals surface area contributed by atoms with Crippen molar-refractivity contribution < 1.29 is 18.3 Å². The summed E-state index contributed by atoms with van der Waals surface area (Å²) < 4.78 is 34.4. The average molecular weight is 152 g/mol. The molecule has 0 rings (SSSR count). The third kappa shape index (κ3) is 3.36. The zero-order valence-electron chi connectivity index (χ0n) is 5.37. The van der Waals surface area contributed by atoms with E-state index in [0.717, 1.165) is 0 Å². The number of hydrogen-bond donors (Lipinski definition) is 1. The molecule has 0 amide bonds. The van der Waals surface area contributed by atoms with Gasteiger partial charge in [-0.3, -0.25) is 0 Å². The summed E-state index contributed by atoms with van der Waals surface area (Å²) in [5.41, 5.74) is 0. The van der Waals surface area contributed by atoms with Crippen LogP contribution < -0.4 is 0 Å². The highest BCUT2D eigenvalue weighted by Crippen LogP contribution is 2.21. The quantitative estimate of drug-likeness (QED) is 0.562. The van der Waals surface area contributed by atoms with E-state index in [9.17, 15) is 13.2 Å². The van der Waals surface area contributed by atoms with Crippen molar-refractivity contribution in [2.45, 2.75) is 25.6 Å². The summed E-state index contributed by atoms with van der Waals surface area (Å²) in [6.45, 7) is 1.42. The number of aliphatic hydroxyl groups is 1. The number of alkyl halides is 3. The lowest BCUT2D eigenvalue weighted by atomic mass is 10.2. The molecule has 0 fully saturated rings. The Bertz CT molecular complexity index is 151. The van der Waals surface area contributed by atoms with Crippen LogP contribution in [0.3, 0.4) is 0 Å². The van der Waals surface area contributed by atoms with Crippen molar-refractivity contribution >= 4 is 0 Å². The molecule has 0 aliphatic heterocycles. The van der Waals surface area contributed by atoms with Gasteiger partial charge in [-0.1, -0.05) is 0 Å². The van der Waals surface area contributed by atoms with Crippen molar-refractivity contribution in [2.75, 3.05) is 0 Å².